The van der Waals surface area contributed by atoms with Crippen LogP contribution in [0.4, 0.5) is 0 Å². The lowest BCUT2D eigenvalue weighted by Crippen LogP contribution is -2.14. The Bertz CT molecular complexity index is 519. The number of hydrogen-bond acceptors (Lipinski definition) is 4. The average Bonchev–Trinajstić information content (AvgIpc) is 3.17. The monoisotopic (exact) mass is 273 g/mol. The molecular weight excluding hydrogens is 254 g/mol. The Morgan fingerprint density at radius 3 is 2.74 bits per heavy atom. The van der Waals surface area contributed by atoms with Gasteiger partial charge >= 0.3 is 0 Å². The van der Waals surface area contributed by atoms with Crippen LogP contribution in [0.3, 0.4) is 0 Å². The van der Waals surface area contributed by atoms with Crippen molar-refractivity contribution in [2.24, 2.45) is 0 Å². The van der Waals surface area contributed by atoms with Gasteiger partial charge in [-0.1, -0.05) is 48.6 Å². The van der Waals surface area contributed by atoms with Crippen molar-refractivity contribution in [1.82, 2.24) is 15.5 Å². The van der Waals surface area contributed by atoms with Gasteiger partial charge in [0.05, 0.1) is 0 Å². The molecule has 100 valence electrons. The second kappa shape index (κ2) is 5.80. The first-order valence-corrected chi connectivity index (χ1v) is 7.79. The van der Waals surface area contributed by atoms with E-state index in [0.717, 1.165) is 29.0 Å². The van der Waals surface area contributed by atoms with E-state index in [1.807, 2.05) is 0 Å². The third-order valence-electron chi connectivity index (χ3n) is 3.51. The number of rotatable bonds is 6. The van der Waals surface area contributed by atoms with E-state index in [4.69, 9.17) is 0 Å². The molecule has 1 aromatic carbocycles. The summed E-state index contributed by atoms with van der Waals surface area (Å²) in [5.41, 5.74) is 1.34. The maximum absolute atomic E-state index is 4.39. The molecule has 1 heterocycles. The summed E-state index contributed by atoms with van der Waals surface area (Å²) in [6, 6.07) is 11.3. The van der Waals surface area contributed by atoms with E-state index in [0.29, 0.717) is 5.92 Å². The van der Waals surface area contributed by atoms with Crippen molar-refractivity contribution >= 4 is 11.3 Å². The third-order valence-corrected chi connectivity index (χ3v) is 4.55. The maximum atomic E-state index is 4.39. The topological polar surface area (TPSA) is 37.8 Å². The molecule has 0 saturated heterocycles. The predicted octanol–water partition coefficient (Wildman–Crippen LogP) is 3.33. The van der Waals surface area contributed by atoms with Gasteiger partial charge in [0.15, 0.2) is 0 Å². The van der Waals surface area contributed by atoms with Gasteiger partial charge in [-0.3, -0.25) is 0 Å². The molecule has 1 aromatic heterocycles. The quantitative estimate of drug-likeness (QED) is 0.877. The molecule has 3 nitrogen and oxygen atoms in total. The third kappa shape index (κ3) is 3.19. The first kappa shape index (κ1) is 12.8. The highest BCUT2D eigenvalue weighted by molar-refractivity contribution is 7.11. The van der Waals surface area contributed by atoms with Gasteiger partial charge in [0.25, 0.3) is 0 Å². The van der Waals surface area contributed by atoms with E-state index >= 15 is 0 Å². The number of nitrogens with zero attached hydrogens (tertiary/aromatic N) is 2. The van der Waals surface area contributed by atoms with Crippen LogP contribution >= 0.6 is 11.3 Å². The van der Waals surface area contributed by atoms with Gasteiger partial charge in [0, 0.05) is 18.5 Å². The highest BCUT2D eigenvalue weighted by Crippen LogP contribution is 2.30. The van der Waals surface area contributed by atoms with Gasteiger partial charge < -0.3 is 5.32 Å². The first-order valence-electron chi connectivity index (χ1n) is 6.97. The molecule has 1 N–H and O–H groups in total. The summed E-state index contributed by atoms with van der Waals surface area (Å²) in [4.78, 5) is 0. The van der Waals surface area contributed by atoms with Gasteiger partial charge in [-0.05, 0) is 24.8 Å². The van der Waals surface area contributed by atoms with E-state index in [1.54, 1.807) is 11.3 Å². The van der Waals surface area contributed by atoms with Gasteiger partial charge in [0.1, 0.15) is 10.0 Å². The smallest absolute Gasteiger partial charge is 0.131 e. The van der Waals surface area contributed by atoms with Crippen molar-refractivity contribution < 1.29 is 0 Å². The molecule has 0 radical (unpaired) electrons. The molecular formula is C15H19N3S. The minimum Gasteiger partial charge on any atom is -0.308 e. The Balaban J connectivity index is 1.72. The molecule has 1 fully saturated rings. The molecule has 0 amide bonds. The lowest BCUT2D eigenvalue weighted by molar-refractivity contribution is 0.676. The van der Waals surface area contributed by atoms with Crippen molar-refractivity contribution in [1.29, 1.82) is 0 Å². The minimum absolute atomic E-state index is 0.383. The van der Waals surface area contributed by atoms with Crippen molar-refractivity contribution in [2.45, 2.75) is 44.7 Å². The Morgan fingerprint density at radius 1 is 1.26 bits per heavy atom. The Hall–Kier alpha value is -1.26. The largest absolute Gasteiger partial charge is 0.308 e. The zero-order valence-electron chi connectivity index (χ0n) is 11.2. The zero-order chi connectivity index (χ0) is 13.1. The van der Waals surface area contributed by atoms with Gasteiger partial charge in [-0.15, -0.1) is 10.2 Å². The van der Waals surface area contributed by atoms with Crippen LogP contribution in [-0.2, 0) is 6.54 Å². The lowest BCUT2D eigenvalue weighted by atomic mass is 9.97. The summed E-state index contributed by atoms with van der Waals surface area (Å²) in [5.74, 6) is 0.383. The normalized spacial score (nSPS) is 16.5. The standard InChI is InChI=1S/C15H19N3S/c1-2-13(11-6-4-3-5-7-11)15-18-17-14(19-15)10-16-12-8-9-12/h3-7,12-13,16H,2,8-10H2,1H3. The summed E-state index contributed by atoms with van der Waals surface area (Å²) >= 11 is 1.75. The second-order valence-electron chi connectivity index (χ2n) is 5.06. The van der Waals surface area contributed by atoms with Gasteiger partial charge in [-0.2, -0.15) is 0 Å². The average molecular weight is 273 g/mol. The van der Waals surface area contributed by atoms with Gasteiger partial charge in [0.2, 0.25) is 0 Å². The molecule has 19 heavy (non-hydrogen) atoms. The second-order valence-corrected chi connectivity index (χ2v) is 6.15. The van der Waals surface area contributed by atoms with Crippen LogP contribution in [0.1, 0.15) is 47.7 Å². The predicted molar refractivity (Wildman–Crippen MR) is 78.3 cm³/mol. The van der Waals surface area contributed by atoms with Crippen LogP contribution in [0.25, 0.3) is 0 Å². The summed E-state index contributed by atoms with van der Waals surface area (Å²) in [5, 5.41) is 14.4. The maximum Gasteiger partial charge on any atom is 0.131 e. The van der Waals surface area contributed by atoms with Crippen molar-refractivity contribution in [3.05, 3.63) is 45.9 Å². The molecule has 0 bridgehead atoms. The summed E-state index contributed by atoms with van der Waals surface area (Å²) in [6.45, 7) is 3.08. The fraction of sp³-hybridized carbons (Fsp3) is 0.467. The highest BCUT2D eigenvalue weighted by Gasteiger charge is 2.21. The molecule has 2 aromatic rings. The SMILES string of the molecule is CCC(c1ccccc1)c1nnc(CNC2CC2)s1. The van der Waals surface area contributed by atoms with E-state index in [-0.39, 0.29) is 0 Å². The van der Waals surface area contributed by atoms with Crippen LogP contribution in [-0.4, -0.2) is 16.2 Å². The highest BCUT2D eigenvalue weighted by atomic mass is 32.1. The zero-order valence-corrected chi connectivity index (χ0v) is 12.0. The van der Waals surface area contributed by atoms with Crippen LogP contribution in [0.2, 0.25) is 0 Å². The molecule has 1 saturated carbocycles. The van der Waals surface area contributed by atoms with Gasteiger partial charge in [-0.25, -0.2) is 0 Å². The summed E-state index contributed by atoms with van der Waals surface area (Å²) < 4.78 is 0. The molecule has 0 spiro atoms. The Labute approximate surface area is 118 Å². The number of aromatic nitrogens is 2. The van der Waals surface area contributed by atoms with Crippen molar-refractivity contribution in [2.75, 3.05) is 0 Å². The molecule has 1 aliphatic rings. The molecule has 3 rings (SSSR count). The first-order chi connectivity index (χ1) is 9.36. The van der Waals surface area contributed by atoms with E-state index in [2.05, 4.69) is 52.8 Å². The number of nitrogens with one attached hydrogen (secondary N) is 1. The minimum atomic E-state index is 0.383. The molecule has 0 aliphatic heterocycles. The molecule has 4 heteroatoms. The van der Waals surface area contributed by atoms with Crippen LogP contribution in [0, 0.1) is 0 Å². The molecule has 1 atom stereocenters. The lowest BCUT2D eigenvalue weighted by Gasteiger charge is -2.11. The van der Waals surface area contributed by atoms with E-state index < -0.39 is 0 Å². The molecule has 1 aliphatic carbocycles. The fourth-order valence-electron chi connectivity index (χ4n) is 2.24. The van der Waals surface area contributed by atoms with Crippen LogP contribution < -0.4 is 5.32 Å². The number of benzene rings is 1. The Morgan fingerprint density at radius 2 is 2.05 bits per heavy atom. The van der Waals surface area contributed by atoms with Crippen LogP contribution in [0.15, 0.2) is 30.3 Å². The van der Waals surface area contributed by atoms with Crippen LogP contribution in [0.5, 0.6) is 0 Å². The summed E-state index contributed by atoms with van der Waals surface area (Å²) in [6.07, 6.45) is 3.69. The molecule has 1 unspecified atom stereocenters. The Kier molecular flexibility index (Phi) is 3.89. The fourth-order valence-corrected chi connectivity index (χ4v) is 3.24. The summed E-state index contributed by atoms with van der Waals surface area (Å²) in [7, 11) is 0. The van der Waals surface area contributed by atoms with E-state index in [1.165, 1.54) is 18.4 Å². The van der Waals surface area contributed by atoms with E-state index in [9.17, 15) is 0 Å². The van der Waals surface area contributed by atoms with Crippen molar-refractivity contribution in [3.63, 3.8) is 0 Å². The number of hydrogen-bond donors (Lipinski definition) is 1. The van der Waals surface area contributed by atoms with Crippen molar-refractivity contribution in [3.8, 4) is 0 Å².